The van der Waals surface area contributed by atoms with Gasteiger partial charge in [-0.15, -0.1) is 0 Å². The first kappa shape index (κ1) is 19.8. The Bertz CT molecular complexity index is 1110. The number of ether oxygens (including phenoxy) is 3. The Labute approximate surface area is 174 Å². The van der Waals surface area contributed by atoms with Crippen LogP contribution in [0.5, 0.6) is 11.5 Å². The molecule has 3 aromatic rings. The van der Waals surface area contributed by atoms with Gasteiger partial charge in [-0.05, 0) is 24.3 Å². The minimum atomic E-state index is -0.366. The lowest BCUT2D eigenvalue weighted by atomic mass is 10.1. The number of benzene rings is 2. The van der Waals surface area contributed by atoms with E-state index in [9.17, 15) is 9.59 Å². The van der Waals surface area contributed by atoms with E-state index in [0.717, 1.165) is 11.0 Å². The van der Waals surface area contributed by atoms with Crippen LogP contribution in [0.25, 0.3) is 11.0 Å². The Kier molecular flexibility index (Phi) is 5.31. The van der Waals surface area contributed by atoms with Gasteiger partial charge in [0.2, 0.25) is 5.91 Å². The third-order valence-corrected chi connectivity index (χ3v) is 5.37. The number of nitrogens with zero attached hydrogens (tertiary/aromatic N) is 3. The number of hydrogen-bond acceptors (Lipinski definition) is 6. The van der Waals surface area contributed by atoms with Crippen LogP contribution in [0.3, 0.4) is 0 Å². The second-order valence-electron chi connectivity index (χ2n) is 7.06. The highest BCUT2D eigenvalue weighted by atomic mass is 16.5. The van der Waals surface area contributed by atoms with E-state index < -0.39 is 0 Å². The number of methoxy groups -OCH3 is 3. The van der Waals surface area contributed by atoms with Crippen LogP contribution in [0, 0.1) is 0 Å². The highest BCUT2D eigenvalue weighted by Crippen LogP contribution is 2.39. The number of imidazole rings is 1. The molecule has 1 aliphatic heterocycles. The van der Waals surface area contributed by atoms with Crippen molar-refractivity contribution in [2.45, 2.75) is 18.9 Å². The van der Waals surface area contributed by atoms with Gasteiger partial charge in [-0.1, -0.05) is 12.1 Å². The second-order valence-corrected chi connectivity index (χ2v) is 7.06. The van der Waals surface area contributed by atoms with Gasteiger partial charge in [0.15, 0.2) is 0 Å². The Hall–Kier alpha value is -3.55. The number of amides is 1. The molecule has 2 heterocycles. The van der Waals surface area contributed by atoms with Crippen molar-refractivity contribution in [1.82, 2.24) is 9.55 Å². The third-order valence-electron chi connectivity index (χ3n) is 5.37. The molecule has 8 heteroatoms. The standard InChI is InChI=1S/C22H23N3O5/c1-28-15-8-9-19(29-2)18(11-15)24-12-14(10-20(24)26)22-23-16-6-4-5-7-17(16)25(22)13-21(27)30-3/h4-9,11,14H,10,12-13H2,1-3H3. The minimum Gasteiger partial charge on any atom is -0.497 e. The summed E-state index contributed by atoms with van der Waals surface area (Å²) in [6, 6.07) is 13.0. The van der Waals surface area contributed by atoms with E-state index in [1.54, 1.807) is 37.3 Å². The van der Waals surface area contributed by atoms with Gasteiger partial charge < -0.3 is 23.7 Å². The Morgan fingerprint density at radius 1 is 1.13 bits per heavy atom. The molecule has 1 amide bonds. The van der Waals surface area contributed by atoms with Crippen LogP contribution in [0.1, 0.15) is 18.2 Å². The number of carbonyl (C=O) groups excluding carboxylic acids is 2. The number of rotatable bonds is 6. The van der Waals surface area contributed by atoms with E-state index in [4.69, 9.17) is 19.2 Å². The molecule has 1 aliphatic rings. The van der Waals surface area contributed by atoms with Gasteiger partial charge in [-0.2, -0.15) is 0 Å². The summed E-state index contributed by atoms with van der Waals surface area (Å²) < 4.78 is 17.5. The number of esters is 1. The molecular weight excluding hydrogens is 386 g/mol. The van der Waals surface area contributed by atoms with Crippen molar-refractivity contribution < 1.29 is 23.8 Å². The van der Waals surface area contributed by atoms with Crippen molar-refractivity contribution in [3.05, 3.63) is 48.3 Å². The molecule has 0 spiro atoms. The van der Waals surface area contributed by atoms with Crippen molar-refractivity contribution in [3.63, 3.8) is 0 Å². The van der Waals surface area contributed by atoms with E-state index >= 15 is 0 Å². The van der Waals surface area contributed by atoms with Crippen molar-refractivity contribution in [2.75, 3.05) is 32.8 Å². The van der Waals surface area contributed by atoms with Crippen LogP contribution in [-0.2, 0) is 20.9 Å². The molecule has 1 saturated heterocycles. The summed E-state index contributed by atoms with van der Waals surface area (Å²) in [5.74, 6) is 1.34. The summed E-state index contributed by atoms with van der Waals surface area (Å²) >= 11 is 0. The van der Waals surface area contributed by atoms with E-state index in [1.165, 1.54) is 7.11 Å². The zero-order valence-electron chi connectivity index (χ0n) is 17.1. The molecule has 30 heavy (non-hydrogen) atoms. The lowest BCUT2D eigenvalue weighted by molar-refractivity contribution is -0.141. The lowest BCUT2D eigenvalue weighted by Gasteiger charge is -2.20. The predicted molar refractivity (Wildman–Crippen MR) is 111 cm³/mol. The average molecular weight is 409 g/mol. The Morgan fingerprint density at radius 3 is 2.67 bits per heavy atom. The molecule has 1 atom stereocenters. The number of para-hydroxylation sites is 2. The summed E-state index contributed by atoms with van der Waals surface area (Å²) in [5.41, 5.74) is 2.27. The predicted octanol–water partition coefficient (Wildman–Crippen LogP) is 2.75. The molecule has 8 nitrogen and oxygen atoms in total. The first-order valence-corrected chi connectivity index (χ1v) is 9.60. The van der Waals surface area contributed by atoms with E-state index in [1.807, 2.05) is 28.8 Å². The van der Waals surface area contributed by atoms with Crippen molar-refractivity contribution in [3.8, 4) is 11.5 Å². The van der Waals surface area contributed by atoms with Crippen LogP contribution in [0.4, 0.5) is 5.69 Å². The third kappa shape index (κ3) is 3.45. The molecule has 0 aliphatic carbocycles. The molecule has 0 saturated carbocycles. The number of aromatic nitrogens is 2. The van der Waals surface area contributed by atoms with E-state index in [-0.39, 0.29) is 30.8 Å². The molecule has 0 bridgehead atoms. The molecule has 4 rings (SSSR count). The molecular formula is C22H23N3O5. The molecule has 0 radical (unpaired) electrons. The Morgan fingerprint density at radius 2 is 1.93 bits per heavy atom. The van der Waals surface area contributed by atoms with Crippen LogP contribution < -0.4 is 14.4 Å². The quantitative estimate of drug-likeness (QED) is 0.582. The number of fused-ring (bicyclic) bond motifs is 1. The van der Waals surface area contributed by atoms with Gasteiger partial charge >= 0.3 is 5.97 Å². The average Bonchev–Trinajstić information content (AvgIpc) is 3.33. The smallest absolute Gasteiger partial charge is 0.325 e. The highest BCUT2D eigenvalue weighted by molar-refractivity contribution is 5.98. The van der Waals surface area contributed by atoms with Crippen LogP contribution in [0.2, 0.25) is 0 Å². The zero-order valence-corrected chi connectivity index (χ0v) is 17.1. The zero-order chi connectivity index (χ0) is 21.3. The van der Waals surface area contributed by atoms with Crippen LogP contribution in [-0.4, -0.2) is 49.3 Å². The van der Waals surface area contributed by atoms with Gasteiger partial charge in [-0.25, -0.2) is 4.98 Å². The Balaban J connectivity index is 1.72. The van der Waals surface area contributed by atoms with Crippen LogP contribution in [0.15, 0.2) is 42.5 Å². The second kappa shape index (κ2) is 8.06. The normalized spacial score (nSPS) is 16.2. The van der Waals surface area contributed by atoms with Crippen molar-refractivity contribution in [2.24, 2.45) is 0 Å². The monoisotopic (exact) mass is 409 g/mol. The maximum atomic E-state index is 12.9. The van der Waals surface area contributed by atoms with Crippen molar-refractivity contribution in [1.29, 1.82) is 0 Å². The summed E-state index contributed by atoms with van der Waals surface area (Å²) in [7, 11) is 4.51. The lowest BCUT2D eigenvalue weighted by Crippen LogP contribution is -2.25. The first-order chi connectivity index (χ1) is 14.5. The largest absolute Gasteiger partial charge is 0.497 e. The fraction of sp³-hybridized carbons (Fsp3) is 0.318. The van der Waals surface area contributed by atoms with E-state index in [0.29, 0.717) is 29.6 Å². The maximum absolute atomic E-state index is 12.9. The summed E-state index contributed by atoms with van der Waals surface area (Å²) in [6.07, 6.45) is 0.283. The summed E-state index contributed by atoms with van der Waals surface area (Å²) in [5, 5.41) is 0. The highest BCUT2D eigenvalue weighted by Gasteiger charge is 2.36. The van der Waals surface area contributed by atoms with Gasteiger partial charge in [0.05, 0.1) is 38.1 Å². The SMILES string of the molecule is COC(=O)Cn1c(C2CC(=O)N(c3cc(OC)ccc3OC)C2)nc2ccccc21. The molecule has 0 N–H and O–H groups in total. The topological polar surface area (TPSA) is 82.9 Å². The van der Waals surface area contributed by atoms with E-state index in [2.05, 4.69) is 0 Å². The van der Waals surface area contributed by atoms with Gasteiger partial charge in [0.25, 0.3) is 0 Å². The van der Waals surface area contributed by atoms with Gasteiger partial charge in [0.1, 0.15) is 23.9 Å². The van der Waals surface area contributed by atoms with Crippen LogP contribution >= 0.6 is 0 Å². The molecule has 1 unspecified atom stereocenters. The fourth-order valence-corrected chi connectivity index (χ4v) is 3.89. The molecule has 1 fully saturated rings. The summed E-state index contributed by atoms with van der Waals surface area (Å²) in [4.78, 5) is 31.4. The van der Waals surface area contributed by atoms with Gasteiger partial charge in [0, 0.05) is 24.9 Å². The summed E-state index contributed by atoms with van der Waals surface area (Å²) in [6.45, 7) is 0.465. The molecule has 1 aromatic heterocycles. The number of carbonyl (C=O) groups is 2. The fourth-order valence-electron chi connectivity index (χ4n) is 3.89. The van der Waals surface area contributed by atoms with Crippen molar-refractivity contribution >= 4 is 28.6 Å². The number of anilines is 1. The minimum absolute atomic E-state index is 0.0387. The van der Waals surface area contributed by atoms with Gasteiger partial charge in [-0.3, -0.25) is 9.59 Å². The maximum Gasteiger partial charge on any atom is 0.325 e. The molecule has 156 valence electrons. The number of hydrogen-bond donors (Lipinski definition) is 0. The molecule has 2 aromatic carbocycles. The first-order valence-electron chi connectivity index (χ1n) is 9.60.